The van der Waals surface area contributed by atoms with E-state index in [1.165, 1.54) is 0 Å². The number of halogens is 1. The molecule has 1 N–H and O–H groups in total. The van der Waals surface area contributed by atoms with Crippen molar-refractivity contribution in [3.63, 3.8) is 0 Å². The zero-order valence-electron chi connectivity index (χ0n) is 16.8. The lowest BCUT2D eigenvalue weighted by atomic mass is 10.2. The number of guanidine groups is 1. The molecule has 0 aromatic heterocycles. The minimum Gasteiger partial charge on any atom is -0.491 e. The van der Waals surface area contributed by atoms with Gasteiger partial charge in [-0.25, -0.2) is 0 Å². The van der Waals surface area contributed by atoms with Crippen LogP contribution in [0.25, 0.3) is 0 Å². The van der Waals surface area contributed by atoms with Crippen LogP contribution in [0.5, 0.6) is 5.75 Å². The molecule has 0 saturated carbocycles. The van der Waals surface area contributed by atoms with E-state index < -0.39 is 10.8 Å². The number of nitrogens with one attached hydrogen (secondary N) is 1. The van der Waals surface area contributed by atoms with Crippen LogP contribution in [-0.4, -0.2) is 54.6 Å². The van der Waals surface area contributed by atoms with E-state index >= 15 is 0 Å². The van der Waals surface area contributed by atoms with Crippen LogP contribution in [0.3, 0.4) is 0 Å². The first kappa shape index (κ1) is 24.4. The molecular formula is C21H30IN3O2S. The number of benzene rings is 2. The van der Waals surface area contributed by atoms with Crippen LogP contribution in [0.4, 0.5) is 0 Å². The Hall–Kier alpha value is -1.61. The van der Waals surface area contributed by atoms with E-state index in [1.54, 1.807) is 7.05 Å². The zero-order chi connectivity index (χ0) is 19.5. The van der Waals surface area contributed by atoms with E-state index in [-0.39, 0.29) is 24.0 Å². The van der Waals surface area contributed by atoms with Crippen LogP contribution in [-0.2, 0) is 16.6 Å². The SMILES string of the molecule is CN=C(NCCS(=O)Cc1ccccc1)N(C)CCOc1ccccc1C.I. The smallest absolute Gasteiger partial charge is 0.193 e. The summed E-state index contributed by atoms with van der Waals surface area (Å²) in [6, 6.07) is 17.9. The van der Waals surface area contributed by atoms with Gasteiger partial charge in [0.15, 0.2) is 5.96 Å². The second kappa shape index (κ2) is 13.5. The zero-order valence-corrected chi connectivity index (χ0v) is 19.9. The molecule has 28 heavy (non-hydrogen) atoms. The van der Waals surface area contributed by atoms with E-state index in [9.17, 15) is 4.21 Å². The molecule has 5 nitrogen and oxygen atoms in total. The number of aryl methyl sites for hydroxylation is 1. The predicted molar refractivity (Wildman–Crippen MR) is 129 cm³/mol. The van der Waals surface area contributed by atoms with E-state index in [1.807, 2.05) is 73.5 Å². The highest BCUT2D eigenvalue weighted by atomic mass is 127. The van der Waals surface area contributed by atoms with Gasteiger partial charge in [0.2, 0.25) is 0 Å². The van der Waals surface area contributed by atoms with E-state index in [2.05, 4.69) is 10.3 Å². The van der Waals surface area contributed by atoms with Crippen molar-refractivity contribution < 1.29 is 8.95 Å². The lowest BCUT2D eigenvalue weighted by Crippen LogP contribution is -2.42. The number of rotatable bonds is 9. The van der Waals surface area contributed by atoms with Gasteiger partial charge in [0.1, 0.15) is 12.4 Å². The molecule has 0 fully saturated rings. The first-order valence-corrected chi connectivity index (χ1v) is 10.6. The van der Waals surface area contributed by atoms with Gasteiger partial charge >= 0.3 is 0 Å². The third-order valence-corrected chi connectivity index (χ3v) is 5.45. The predicted octanol–water partition coefficient (Wildman–Crippen LogP) is 3.45. The van der Waals surface area contributed by atoms with Crippen LogP contribution >= 0.6 is 24.0 Å². The van der Waals surface area contributed by atoms with Gasteiger partial charge in [-0.15, -0.1) is 24.0 Å². The Labute approximate surface area is 188 Å². The standard InChI is InChI=1S/C21H29N3O2S.HI/c1-18-9-7-8-12-20(18)26-15-14-24(3)21(22-2)23-13-16-27(25)17-19-10-5-4-6-11-19;/h4-12H,13-17H2,1-3H3,(H,22,23);1H. The fraction of sp³-hybridized carbons (Fsp3) is 0.381. The van der Waals surface area contributed by atoms with Gasteiger partial charge in [-0.3, -0.25) is 9.20 Å². The summed E-state index contributed by atoms with van der Waals surface area (Å²) in [5, 5.41) is 3.27. The van der Waals surface area contributed by atoms with Gasteiger partial charge in [-0.1, -0.05) is 48.5 Å². The molecule has 2 aromatic carbocycles. The average Bonchev–Trinajstić information content (AvgIpc) is 2.67. The summed E-state index contributed by atoms with van der Waals surface area (Å²) in [5.74, 6) is 2.85. The van der Waals surface area contributed by atoms with Gasteiger partial charge in [0, 0.05) is 42.9 Å². The Morgan fingerprint density at radius 1 is 1.14 bits per heavy atom. The number of likely N-dealkylation sites (N-methyl/N-ethyl adjacent to an activating group) is 1. The normalized spacial score (nSPS) is 12.0. The Morgan fingerprint density at radius 3 is 2.50 bits per heavy atom. The van der Waals surface area contributed by atoms with Crippen molar-refractivity contribution in [3.8, 4) is 5.75 Å². The number of aliphatic imine (C=N–C) groups is 1. The van der Waals surface area contributed by atoms with Crippen molar-refractivity contribution in [1.29, 1.82) is 0 Å². The summed E-state index contributed by atoms with van der Waals surface area (Å²) in [6.07, 6.45) is 0. The molecule has 7 heteroatoms. The quantitative estimate of drug-likeness (QED) is 0.316. The molecule has 0 aliphatic rings. The lowest BCUT2D eigenvalue weighted by molar-refractivity contribution is 0.280. The number of nitrogens with zero attached hydrogens (tertiary/aromatic N) is 2. The molecule has 1 unspecified atom stereocenters. The monoisotopic (exact) mass is 515 g/mol. The fourth-order valence-corrected chi connectivity index (χ4v) is 3.65. The second-order valence-corrected chi connectivity index (χ2v) is 7.86. The van der Waals surface area contributed by atoms with Gasteiger partial charge in [0.25, 0.3) is 0 Å². The van der Waals surface area contributed by atoms with Crippen LogP contribution in [0.2, 0.25) is 0 Å². The van der Waals surface area contributed by atoms with Crippen molar-refractivity contribution in [2.75, 3.05) is 39.5 Å². The van der Waals surface area contributed by atoms with Gasteiger partial charge in [0.05, 0.1) is 6.54 Å². The molecule has 0 aliphatic carbocycles. The first-order valence-electron chi connectivity index (χ1n) is 9.09. The minimum atomic E-state index is -0.896. The Bertz CT molecular complexity index is 756. The first-order chi connectivity index (χ1) is 13.1. The molecule has 0 radical (unpaired) electrons. The molecule has 0 amide bonds. The van der Waals surface area contributed by atoms with Gasteiger partial charge in [-0.05, 0) is 24.1 Å². The molecule has 0 heterocycles. The molecule has 0 bridgehead atoms. The minimum absolute atomic E-state index is 0. The van der Waals surface area contributed by atoms with Gasteiger partial charge < -0.3 is 15.0 Å². The summed E-state index contributed by atoms with van der Waals surface area (Å²) in [6.45, 7) is 3.94. The molecule has 0 aliphatic heterocycles. The Morgan fingerprint density at radius 2 is 1.82 bits per heavy atom. The molecule has 2 aromatic rings. The number of para-hydroxylation sites is 1. The summed E-state index contributed by atoms with van der Waals surface area (Å²) in [5.41, 5.74) is 2.23. The third kappa shape index (κ3) is 8.60. The van der Waals surface area contributed by atoms with Crippen LogP contribution < -0.4 is 10.1 Å². The van der Waals surface area contributed by atoms with Crippen molar-refractivity contribution in [2.24, 2.45) is 4.99 Å². The highest BCUT2D eigenvalue weighted by Gasteiger charge is 2.07. The lowest BCUT2D eigenvalue weighted by Gasteiger charge is -2.22. The second-order valence-electron chi connectivity index (χ2n) is 6.28. The van der Waals surface area contributed by atoms with Gasteiger partial charge in [-0.2, -0.15) is 0 Å². The fourth-order valence-electron chi connectivity index (χ4n) is 2.61. The topological polar surface area (TPSA) is 53.9 Å². The maximum atomic E-state index is 12.2. The maximum absolute atomic E-state index is 12.2. The largest absolute Gasteiger partial charge is 0.491 e. The number of ether oxygens (including phenoxy) is 1. The van der Waals surface area contributed by atoms with E-state index in [0.717, 1.165) is 22.8 Å². The maximum Gasteiger partial charge on any atom is 0.193 e. The molecule has 154 valence electrons. The molecular weight excluding hydrogens is 485 g/mol. The number of hydrogen-bond donors (Lipinski definition) is 1. The van der Waals surface area contributed by atoms with E-state index in [4.69, 9.17) is 4.74 Å². The summed E-state index contributed by atoms with van der Waals surface area (Å²) < 4.78 is 18.0. The summed E-state index contributed by atoms with van der Waals surface area (Å²) in [7, 11) is 2.83. The summed E-state index contributed by atoms with van der Waals surface area (Å²) in [4.78, 5) is 6.30. The van der Waals surface area contributed by atoms with Crippen LogP contribution in [0.1, 0.15) is 11.1 Å². The molecule has 0 saturated heterocycles. The Kier molecular flexibility index (Phi) is 11.8. The van der Waals surface area contributed by atoms with E-state index in [0.29, 0.717) is 31.2 Å². The Balaban J connectivity index is 0.00000392. The molecule has 1 atom stereocenters. The average molecular weight is 515 g/mol. The highest BCUT2D eigenvalue weighted by molar-refractivity contribution is 14.0. The molecule has 0 spiro atoms. The molecule has 2 rings (SSSR count). The van der Waals surface area contributed by atoms with Crippen molar-refractivity contribution in [3.05, 3.63) is 65.7 Å². The van der Waals surface area contributed by atoms with Crippen molar-refractivity contribution in [1.82, 2.24) is 10.2 Å². The van der Waals surface area contributed by atoms with Crippen LogP contribution in [0.15, 0.2) is 59.6 Å². The van der Waals surface area contributed by atoms with Crippen molar-refractivity contribution >= 4 is 40.7 Å². The number of hydrogen-bond acceptors (Lipinski definition) is 3. The third-order valence-electron chi connectivity index (χ3n) is 4.13. The van der Waals surface area contributed by atoms with Crippen molar-refractivity contribution in [2.45, 2.75) is 12.7 Å². The highest BCUT2D eigenvalue weighted by Crippen LogP contribution is 2.15. The van der Waals surface area contributed by atoms with Crippen LogP contribution in [0, 0.1) is 6.92 Å². The summed E-state index contributed by atoms with van der Waals surface area (Å²) >= 11 is 0.